The molecule has 1 atom stereocenters. The molecule has 3 rings (SSSR count). The van der Waals surface area contributed by atoms with E-state index in [9.17, 15) is 4.79 Å². The number of carboxylic acids is 1. The number of rotatable bonds is 3. The number of carbonyl (C=O) groups is 1. The Bertz CT molecular complexity index is 674. The monoisotopic (exact) mass is 287 g/mol. The number of hydrogen-bond donors (Lipinski definition) is 1. The first-order valence-electron chi connectivity index (χ1n) is 7.03. The van der Waals surface area contributed by atoms with Crippen molar-refractivity contribution in [2.45, 2.75) is 19.4 Å². The van der Waals surface area contributed by atoms with Gasteiger partial charge in [-0.2, -0.15) is 0 Å². The largest absolute Gasteiger partial charge is 0.478 e. The lowest BCUT2D eigenvalue weighted by Gasteiger charge is -2.36. The van der Waals surface area contributed by atoms with Crippen LogP contribution >= 0.6 is 0 Å². The molecule has 1 fully saturated rings. The summed E-state index contributed by atoms with van der Waals surface area (Å²) in [6.45, 7) is 4.27. The van der Waals surface area contributed by atoms with Crippen LogP contribution in [-0.4, -0.2) is 46.8 Å². The van der Waals surface area contributed by atoms with Crippen molar-refractivity contribution in [3.63, 3.8) is 0 Å². The molecule has 6 heteroatoms. The molecule has 21 heavy (non-hydrogen) atoms. The third-order valence-corrected chi connectivity index (χ3v) is 3.83. The van der Waals surface area contributed by atoms with Crippen LogP contribution in [0.5, 0.6) is 0 Å². The number of fused-ring (bicyclic) bond motifs is 1. The molecule has 0 amide bonds. The summed E-state index contributed by atoms with van der Waals surface area (Å²) in [7, 11) is 0. The van der Waals surface area contributed by atoms with E-state index in [1.165, 1.54) is 6.33 Å². The quantitative estimate of drug-likeness (QED) is 0.929. The molecule has 1 unspecified atom stereocenters. The van der Waals surface area contributed by atoms with Crippen molar-refractivity contribution < 1.29 is 14.6 Å². The van der Waals surface area contributed by atoms with Gasteiger partial charge in [-0.05, 0) is 24.6 Å². The SMILES string of the molecule is CCC1COCCN1c1ncnc2cc(C(=O)O)ccc12. The highest BCUT2D eigenvalue weighted by molar-refractivity contribution is 5.96. The van der Waals surface area contributed by atoms with E-state index in [1.807, 2.05) is 0 Å². The average Bonchev–Trinajstić information content (AvgIpc) is 2.53. The van der Waals surface area contributed by atoms with Crippen molar-refractivity contribution in [1.82, 2.24) is 9.97 Å². The van der Waals surface area contributed by atoms with Gasteiger partial charge < -0.3 is 14.7 Å². The highest BCUT2D eigenvalue weighted by Crippen LogP contribution is 2.27. The molecular weight excluding hydrogens is 270 g/mol. The number of morpholine rings is 1. The number of nitrogens with zero attached hydrogens (tertiary/aromatic N) is 3. The Hall–Kier alpha value is -2.21. The molecule has 0 radical (unpaired) electrons. The maximum Gasteiger partial charge on any atom is 0.335 e. The van der Waals surface area contributed by atoms with Crippen LogP contribution in [0.1, 0.15) is 23.7 Å². The van der Waals surface area contributed by atoms with Gasteiger partial charge in [0.15, 0.2) is 0 Å². The van der Waals surface area contributed by atoms with E-state index in [-0.39, 0.29) is 11.6 Å². The first kappa shape index (κ1) is 13.8. The predicted molar refractivity (Wildman–Crippen MR) is 78.7 cm³/mol. The van der Waals surface area contributed by atoms with E-state index >= 15 is 0 Å². The van der Waals surface area contributed by atoms with Crippen molar-refractivity contribution in [3.05, 3.63) is 30.1 Å². The van der Waals surface area contributed by atoms with E-state index in [1.54, 1.807) is 18.2 Å². The highest BCUT2D eigenvalue weighted by Gasteiger charge is 2.24. The van der Waals surface area contributed by atoms with Gasteiger partial charge in [-0.3, -0.25) is 0 Å². The summed E-state index contributed by atoms with van der Waals surface area (Å²) in [5.74, 6) is -0.0954. The van der Waals surface area contributed by atoms with Crippen LogP contribution in [0.15, 0.2) is 24.5 Å². The average molecular weight is 287 g/mol. The summed E-state index contributed by atoms with van der Waals surface area (Å²) >= 11 is 0. The summed E-state index contributed by atoms with van der Waals surface area (Å²) in [5.41, 5.74) is 0.891. The number of aromatic carboxylic acids is 1. The van der Waals surface area contributed by atoms with Crippen molar-refractivity contribution in [3.8, 4) is 0 Å². The Morgan fingerprint density at radius 3 is 3.10 bits per heavy atom. The summed E-state index contributed by atoms with van der Waals surface area (Å²) < 4.78 is 5.52. The number of hydrogen-bond acceptors (Lipinski definition) is 5. The molecule has 110 valence electrons. The number of aromatic nitrogens is 2. The summed E-state index contributed by atoms with van der Waals surface area (Å²) in [6.07, 6.45) is 2.46. The smallest absolute Gasteiger partial charge is 0.335 e. The molecule has 0 spiro atoms. The third kappa shape index (κ3) is 2.54. The molecule has 1 saturated heterocycles. The van der Waals surface area contributed by atoms with E-state index in [0.717, 1.165) is 24.2 Å². The third-order valence-electron chi connectivity index (χ3n) is 3.83. The number of benzene rings is 1. The lowest BCUT2D eigenvalue weighted by atomic mass is 10.1. The summed E-state index contributed by atoms with van der Waals surface area (Å²) in [5, 5.41) is 9.95. The van der Waals surface area contributed by atoms with Crippen LogP contribution in [0.2, 0.25) is 0 Å². The second-order valence-corrected chi connectivity index (χ2v) is 5.06. The molecule has 2 heterocycles. The normalized spacial score (nSPS) is 18.9. The van der Waals surface area contributed by atoms with Gasteiger partial charge in [0, 0.05) is 11.9 Å². The van der Waals surface area contributed by atoms with Gasteiger partial charge in [0.1, 0.15) is 12.1 Å². The fourth-order valence-corrected chi connectivity index (χ4v) is 2.68. The zero-order valence-corrected chi connectivity index (χ0v) is 11.8. The van der Waals surface area contributed by atoms with Crippen molar-refractivity contribution in [2.24, 2.45) is 0 Å². The highest BCUT2D eigenvalue weighted by atomic mass is 16.5. The van der Waals surface area contributed by atoms with Crippen molar-refractivity contribution >= 4 is 22.7 Å². The van der Waals surface area contributed by atoms with Gasteiger partial charge in [-0.15, -0.1) is 0 Å². The molecule has 1 N–H and O–H groups in total. The van der Waals surface area contributed by atoms with Gasteiger partial charge in [0.25, 0.3) is 0 Å². The van der Waals surface area contributed by atoms with Crippen LogP contribution in [0.3, 0.4) is 0 Å². The van der Waals surface area contributed by atoms with Gasteiger partial charge in [0.05, 0.1) is 30.3 Å². The van der Waals surface area contributed by atoms with Crippen LogP contribution in [0, 0.1) is 0 Å². The first-order valence-corrected chi connectivity index (χ1v) is 7.03. The molecule has 0 saturated carbocycles. The Kier molecular flexibility index (Phi) is 3.70. The molecule has 1 aliphatic heterocycles. The molecular formula is C15H17N3O3. The minimum atomic E-state index is -0.949. The lowest BCUT2D eigenvalue weighted by Crippen LogP contribution is -2.45. The van der Waals surface area contributed by atoms with Gasteiger partial charge in [-0.25, -0.2) is 14.8 Å². The summed E-state index contributed by atoms with van der Waals surface area (Å²) in [4.78, 5) is 21.9. The number of anilines is 1. The molecule has 1 aromatic carbocycles. The van der Waals surface area contributed by atoms with E-state index in [2.05, 4.69) is 21.8 Å². The van der Waals surface area contributed by atoms with Gasteiger partial charge in [-0.1, -0.05) is 6.92 Å². The second-order valence-electron chi connectivity index (χ2n) is 5.06. The fraction of sp³-hybridized carbons (Fsp3) is 0.400. The predicted octanol–water partition coefficient (Wildman–Crippen LogP) is 1.94. The van der Waals surface area contributed by atoms with Crippen molar-refractivity contribution in [1.29, 1.82) is 0 Å². The lowest BCUT2D eigenvalue weighted by molar-refractivity contribution is 0.0697. The zero-order valence-electron chi connectivity index (χ0n) is 11.8. The van der Waals surface area contributed by atoms with E-state index in [0.29, 0.717) is 18.7 Å². The number of carboxylic acid groups (broad SMARTS) is 1. The molecule has 6 nitrogen and oxygen atoms in total. The van der Waals surface area contributed by atoms with Crippen molar-refractivity contribution in [2.75, 3.05) is 24.7 Å². The molecule has 0 bridgehead atoms. The maximum atomic E-state index is 11.1. The Morgan fingerprint density at radius 2 is 2.33 bits per heavy atom. The van der Waals surface area contributed by atoms with Gasteiger partial charge >= 0.3 is 5.97 Å². The Morgan fingerprint density at radius 1 is 1.48 bits per heavy atom. The summed E-state index contributed by atoms with van der Waals surface area (Å²) in [6, 6.07) is 5.26. The molecule has 1 aromatic heterocycles. The van der Waals surface area contributed by atoms with Crippen LogP contribution in [0.4, 0.5) is 5.82 Å². The topological polar surface area (TPSA) is 75.5 Å². The molecule has 0 aliphatic carbocycles. The van der Waals surface area contributed by atoms with Crippen LogP contribution in [-0.2, 0) is 4.74 Å². The zero-order chi connectivity index (χ0) is 14.8. The van der Waals surface area contributed by atoms with E-state index in [4.69, 9.17) is 9.84 Å². The minimum Gasteiger partial charge on any atom is -0.478 e. The second kappa shape index (κ2) is 5.65. The minimum absolute atomic E-state index is 0.237. The maximum absolute atomic E-state index is 11.1. The Balaban J connectivity index is 2.08. The molecule has 2 aromatic rings. The molecule has 1 aliphatic rings. The Labute approximate surface area is 122 Å². The fourth-order valence-electron chi connectivity index (χ4n) is 2.68. The van der Waals surface area contributed by atoms with Crippen LogP contribution in [0.25, 0.3) is 10.9 Å². The van der Waals surface area contributed by atoms with Gasteiger partial charge in [0.2, 0.25) is 0 Å². The van der Waals surface area contributed by atoms with E-state index < -0.39 is 5.97 Å². The number of ether oxygens (including phenoxy) is 1. The standard InChI is InChI=1S/C15H17N3O3/c1-2-11-8-21-6-5-18(11)14-12-4-3-10(15(19)20)7-13(12)16-9-17-14/h3-4,7,9,11H,2,5-6,8H2,1H3,(H,19,20). The first-order chi connectivity index (χ1) is 10.2. The van der Waals surface area contributed by atoms with Crippen LogP contribution < -0.4 is 4.90 Å².